The molecule has 1 aliphatic rings. The lowest BCUT2D eigenvalue weighted by atomic mass is 9.98. The first-order valence-electron chi connectivity index (χ1n) is 7.50. The van der Waals surface area contributed by atoms with E-state index in [0.29, 0.717) is 4.58 Å². The minimum absolute atomic E-state index is 0.512. The van der Waals surface area contributed by atoms with E-state index >= 15 is 0 Å². The summed E-state index contributed by atoms with van der Waals surface area (Å²) in [5, 5.41) is 4.75. The van der Waals surface area contributed by atoms with Crippen molar-refractivity contribution in [2.24, 2.45) is 0 Å². The van der Waals surface area contributed by atoms with E-state index in [4.69, 9.17) is 0 Å². The van der Waals surface area contributed by atoms with E-state index in [1.807, 2.05) is 35.7 Å². The van der Waals surface area contributed by atoms with E-state index in [-0.39, 0.29) is 0 Å². The molecule has 0 atom stereocenters. The van der Waals surface area contributed by atoms with E-state index in [1.165, 1.54) is 34.3 Å². The van der Waals surface area contributed by atoms with Gasteiger partial charge in [0.05, 0.1) is 4.58 Å². The topological polar surface area (TPSA) is 17.1 Å². The minimum atomic E-state index is 0.512. The molecule has 0 aromatic heterocycles. The molecule has 1 aliphatic heterocycles. The van der Waals surface area contributed by atoms with Gasteiger partial charge in [0.15, 0.2) is 6.29 Å². The molecule has 0 aliphatic carbocycles. The molecular weight excluding hydrogens is 308 g/mol. The Labute approximate surface area is 138 Å². The van der Waals surface area contributed by atoms with Gasteiger partial charge in [0.25, 0.3) is 0 Å². The molecule has 0 radical (unpaired) electrons. The average molecular weight is 324 g/mol. The molecule has 0 amide bonds. The van der Waals surface area contributed by atoms with Gasteiger partial charge in [-0.25, -0.2) is 0 Å². The van der Waals surface area contributed by atoms with Crippen LogP contribution in [0.25, 0.3) is 21.5 Å². The lowest BCUT2D eigenvalue weighted by Crippen LogP contribution is -2.00. The molecule has 4 rings (SSSR count). The Kier molecular flexibility index (Phi) is 3.85. The third-order valence-corrected chi connectivity index (χ3v) is 7.13. The summed E-state index contributed by atoms with van der Waals surface area (Å²) >= 11 is 4.08. The quantitative estimate of drug-likeness (QED) is 0.446. The maximum atomic E-state index is 11.3. The smallest absolute Gasteiger partial charge is 0.150 e. The number of carbonyl (C=O) groups excluding carboxylic acids is 1. The van der Waals surface area contributed by atoms with E-state index in [9.17, 15) is 4.79 Å². The Balaban J connectivity index is 1.97. The van der Waals surface area contributed by atoms with Crippen molar-refractivity contribution in [3.63, 3.8) is 0 Å². The number of rotatable bonds is 2. The zero-order valence-corrected chi connectivity index (χ0v) is 13.8. The number of fused-ring (bicyclic) bond motifs is 2. The van der Waals surface area contributed by atoms with Gasteiger partial charge in [-0.15, -0.1) is 23.5 Å². The fourth-order valence-electron chi connectivity index (χ4n) is 3.08. The molecule has 0 unspecified atom stereocenters. The van der Waals surface area contributed by atoms with Crippen LogP contribution in [0, 0.1) is 0 Å². The van der Waals surface area contributed by atoms with Crippen LogP contribution >= 0.6 is 23.5 Å². The van der Waals surface area contributed by atoms with Gasteiger partial charge in [0, 0.05) is 5.56 Å². The molecule has 110 valence electrons. The van der Waals surface area contributed by atoms with Crippen LogP contribution < -0.4 is 0 Å². The molecule has 1 nitrogen and oxygen atoms in total. The molecule has 1 saturated heterocycles. The highest BCUT2D eigenvalue weighted by Crippen LogP contribution is 2.46. The van der Waals surface area contributed by atoms with Crippen LogP contribution in [0.3, 0.4) is 0 Å². The Hall–Kier alpha value is -1.45. The van der Waals surface area contributed by atoms with Gasteiger partial charge >= 0.3 is 0 Å². The van der Waals surface area contributed by atoms with Crippen LogP contribution in [-0.2, 0) is 0 Å². The van der Waals surface area contributed by atoms with Crippen molar-refractivity contribution in [2.75, 3.05) is 11.5 Å². The third-order valence-electron chi connectivity index (χ3n) is 4.15. The maximum Gasteiger partial charge on any atom is 0.150 e. The van der Waals surface area contributed by atoms with Crippen LogP contribution in [0.15, 0.2) is 48.5 Å². The lowest BCUT2D eigenvalue weighted by Gasteiger charge is -2.22. The number of benzene rings is 3. The summed E-state index contributed by atoms with van der Waals surface area (Å²) in [6, 6.07) is 16.9. The Bertz CT molecular complexity index is 851. The fraction of sp³-hybridized carbons (Fsp3) is 0.211. The number of hydrogen-bond donors (Lipinski definition) is 0. The average Bonchev–Trinajstić information content (AvgIpc) is 2.59. The summed E-state index contributed by atoms with van der Waals surface area (Å²) in [5.74, 6) is 2.47. The van der Waals surface area contributed by atoms with Crippen molar-refractivity contribution in [2.45, 2.75) is 11.0 Å². The van der Waals surface area contributed by atoms with Gasteiger partial charge < -0.3 is 0 Å². The Morgan fingerprint density at radius 2 is 1.64 bits per heavy atom. The third kappa shape index (κ3) is 2.42. The van der Waals surface area contributed by atoms with Gasteiger partial charge in [0.2, 0.25) is 0 Å². The van der Waals surface area contributed by atoms with Crippen molar-refractivity contribution in [1.29, 1.82) is 0 Å². The molecule has 0 bridgehead atoms. The Morgan fingerprint density at radius 3 is 2.41 bits per heavy atom. The van der Waals surface area contributed by atoms with E-state index < -0.39 is 0 Å². The number of aldehydes is 1. The van der Waals surface area contributed by atoms with Crippen molar-refractivity contribution in [3.05, 3.63) is 59.7 Å². The van der Waals surface area contributed by atoms with E-state index in [2.05, 4.69) is 36.4 Å². The first-order valence-corrected chi connectivity index (χ1v) is 9.60. The van der Waals surface area contributed by atoms with E-state index in [0.717, 1.165) is 22.6 Å². The molecule has 0 saturated carbocycles. The summed E-state index contributed by atoms with van der Waals surface area (Å²) in [6.45, 7) is 0. The maximum absolute atomic E-state index is 11.3. The predicted molar refractivity (Wildman–Crippen MR) is 99.1 cm³/mol. The largest absolute Gasteiger partial charge is 0.298 e. The first-order chi connectivity index (χ1) is 10.9. The molecule has 1 fully saturated rings. The van der Waals surface area contributed by atoms with Gasteiger partial charge in [-0.05, 0) is 57.2 Å². The lowest BCUT2D eigenvalue weighted by molar-refractivity contribution is 0.112. The fourth-order valence-corrected chi connectivity index (χ4v) is 6.04. The standard InChI is InChI=1S/C19H16OS2/c20-12-15-6-1-4-13-10-14-5-2-7-16(18(14)11-17(13)15)19-21-8-3-9-22-19/h1-2,4-7,10-12,19H,3,8-9H2. The van der Waals surface area contributed by atoms with Gasteiger partial charge in [-0.2, -0.15) is 0 Å². The number of hydrogen-bond acceptors (Lipinski definition) is 3. The first kappa shape index (κ1) is 14.2. The normalized spacial score (nSPS) is 16.2. The highest BCUT2D eigenvalue weighted by molar-refractivity contribution is 8.16. The summed E-state index contributed by atoms with van der Waals surface area (Å²) in [7, 11) is 0. The molecule has 3 aromatic rings. The van der Waals surface area contributed by atoms with Crippen LogP contribution in [0.5, 0.6) is 0 Å². The molecule has 0 spiro atoms. The van der Waals surface area contributed by atoms with Crippen LogP contribution in [0.2, 0.25) is 0 Å². The van der Waals surface area contributed by atoms with Crippen LogP contribution in [0.4, 0.5) is 0 Å². The van der Waals surface area contributed by atoms with Crippen LogP contribution in [-0.4, -0.2) is 17.8 Å². The molecule has 22 heavy (non-hydrogen) atoms. The van der Waals surface area contributed by atoms with Crippen molar-refractivity contribution in [1.82, 2.24) is 0 Å². The molecule has 1 heterocycles. The highest BCUT2D eigenvalue weighted by Gasteiger charge is 2.19. The summed E-state index contributed by atoms with van der Waals surface area (Å²) in [5.41, 5.74) is 2.17. The second kappa shape index (κ2) is 5.98. The van der Waals surface area contributed by atoms with Crippen molar-refractivity contribution in [3.8, 4) is 0 Å². The van der Waals surface area contributed by atoms with Gasteiger partial charge in [0.1, 0.15) is 0 Å². The molecule has 3 heteroatoms. The summed E-state index contributed by atoms with van der Waals surface area (Å²) < 4.78 is 0.512. The molecule has 0 N–H and O–H groups in total. The monoisotopic (exact) mass is 324 g/mol. The SMILES string of the molecule is O=Cc1cccc2cc3cccc(C4SCCCS4)c3cc12. The zero-order valence-electron chi connectivity index (χ0n) is 12.1. The van der Waals surface area contributed by atoms with Crippen LogP contribution in [0.1, 0.15) is 26.9 Å². The van der Waals surface area contributed by atoms with Gasteiger partial charge in [-0.3, -0.25) is 4.79 Å². The number of carbonyl (C=O) groups is 1. The van der Waals surface area contributed by atoms with Gasteiger partial charge in [-0.1, -0.05) is 36.4 Å². The molecule has 3 aromatic carbocycles. The summed E-state index contributed by atoms with van der Waals surface area (Å²) in [4.78, 5) is 11.3. The minimum Gasteiger partial charge on any atom is -0.298 e. The second-order valence-corrected chi connectivity index (χ2v) is 8.26. The zero-order chi connectivity index (χ0) is 14.9. The molecular formula is C19H16OS2. The number of thioether (sulfide) groups is 2. The van der Waals surface area contributed by atoms with Crippen molar-refractivity contribution >= 4 is 51.4 Å². The van der Waals surface area contributed by atoms with Crippen molar-refractivity contribution < 1.29 is 4.79 Å². The highest BCUT2D eigenvalue weighted by atomic mass is 32.2. The van der Waals surface area contributed by atoms with E-state index in [1.54, 1.807) is 0 Å². The summed E-state index contributed by atoms with van der Waals surface area (Å²) in [6.07, 6.45) is 2.26. The predicted octanol–water partition coefficient (Wildman–Crippen LogP) is 5.67. The Morgan fingerprint density at radius 1 is 0.909 bits per heavy atom. The second-order valence-electron chi connectivity index (χ2n) is 5.53.